The van der Waals surface area contributed by atoms with Crippen LogP contribution in [0.1, 0.15) is 19.4 Å². The summed E-state index contributed by atoms with van der Waals surface area (Å²) in [7, 11) is 2.20. The number of nitrogens with zero attached hydrogens (tertiary/aromatic N) is 2. The third kappa shape index (κ3) is 2.71. The average Bonchev–Trinajstić information content (AvgIpc) is 2.32. The van der Waals surface area contributed by atoms with Crippen molar-refractivity contribution >= 4 is 21.6 Å². The minimum Gasteiger partial charge on any atom is -0.368 e. The summed E-state index contributed by atoms with van der Waals surface area (Å²) in [5, 5.41) is 0. The lowest BCUT2D eigenvalue weighted by atomic mass is 9.98. The van der Waals surface area contributed by atoms with Gasteiger partial charge in [-0.25, -0.2) is 0 Å². The van der Waals surface area contributed by atoms with Gasteiger partial charge in [0.05, 0.1) is 0 Å². The number of likely N-dealkylation sites (N-methyl/N-ethyl adjacent to an activating group) is 1. The maximum absolute atomic E-state index is 5.86. The van der Waals surface area contributed by atoms with Crippen molar-refractivity contribution in [1.29, 1.82) is 0 Å². The number of piperazine rings is 1. The van der Waals surface area contributed by atoms with Crippen molar-refractivity contribution in [2.45, 2.75) is 25.9 Å². The molecule has 2 N–H and O–H groups in total. The lowest BCUT2D eigenvalue weighted by molar-refractivity contribution is 0.139. The third-order valence-corrected chi connectivity index (χ3v) is 4.41. The molecule has 18 heavy (non-hydrogen) atoms. The van der Waals surface area contributed by atoms with Gasteiger partial charge in [-0.15, -0.1) is 0 Å². The van der Waals surface area contributed by atoms with Crippen LogP contribution in [0, 0.1) is 0 Å². The van der Waals surface area contributed by atoms with Gasteiger partial charge >= 0.3 is 0 Å². The van der Waals surface area contributed by atoms with Crippen LogP contribution in [0.3, 0.4) is 0 Å². The molecule has 0 aliphatic carbocycles. The highest BCUT2D eigenvalue weighted by molar-refractivity contribution is 9.10. The molecule has 0 saturated carbocycles. The molecule has 0 atom stereocenters. The summed E-state index contributed by atoms with van der Waals surface area (Å²) in [5.74, 6) is 0. The predicted molar refractivity (Wildman–Crippen MR) is 81.0 cm³/mol. The molecule has 1 aromatic carbocycles. The highest BCUT2D eigenvalue weighted by atomic mass is 79.9. The maximum atomic E-state index is 5.86. The van der Waals surface area contributed by atoms with E-state index in [0.717, 1.165) is 24.1 Å². The maximum Gasteiger partial charge on any atom is 0.0413 e. The largest absolute Gasteiger partial charge is 0.368 e. The van der Waals surface area contributed by atoms with E-state index in [9.17, 15) is 0 Å². The van der Waals surface area contributed by atoms with Gasteiger partial charge in [0, 0.05) is 41.9 Å². The molecule has 0 spiro atoms. The molecule has 1 heterocycles. The molecule has 0 bridgehead atoms. The fourth-order valence-corrected chi connectivity index (χ4v) is 2.88. The summed E-state index contributed by atoms with van der Waals surface area (Å²) in [6.07, 6.45) is 0. The topological polar surface area (TPSA) is 32.5 Å². The molecule has 1 aromatic rings. The molecule has 0 radical (unpaired) electrons. The molecule has 100 valence electrons. The summed E-state index contributed by atoms with van der Waals surface area (Å²) in [6, 6.07) is 6.40. The number of anilines is 1. The van der Waals surface area contributed by atoms with E-state index in [0.29, 0.717) is 6.54 Å². The Hall–Kier alpha value is -0.580. The number of rotatable bonds is 2. The third-order valence-electron chi connectivity index (χ3n) is 3.92. The van der Waals surface area contributed by atoms with Gasteiger partial charge in [-0.1, -0.05) is 15.9 Å². The van der Waals surface area contributed by atoms with Gasteiger partial charge in [-0.05, 0) is 44.7 Å². The van der Waals surface area contributed by atoms with Gasteiger partial charge in [0.25, 0.3) is 0 Å². The van der Waals surface area contributed by atoms with Crippen molar-refractivity contribution in [3.05, 3.63) is 28.2 Å². The van der Waals surface area contributed by atoms with Crippen LogP contribution < -0.4 is 10.6 Å². The Morgan fingerprint density at radius 3 is 2.67 bits per heavy atom. The zero-order valence-electron chi connectivity index (χ0n) is 11.4. The zero-order chi connectivity index (χ0) is 13.3. The number of nitrogens with two attached hydrogens (primary N) is 1. The molecular weight excluding hydrogens is 290 g/mol. The second kappa shape index (κ2) is 5.19. The summed E-state index contributed by atoms with van der Waals surface area (Å²) in [6.45, 7) is 8.36. The molecule has 0 amide bonds. The van der Waals surface area contributed by atoms with Crippen molar-refractivity contribution in [3.63, 3.8) is 0 Å². The van der Waals surface area contributed by atoms with Gasteiger partial charge in [0.15, 0.2) is 0 Å². The molecule has 1 saturated heterocycles. The van der Waals surface area contributed by atoms with E-state index in [1.165, 1.54) is 11.3 Å². The fourth-order valence-electron chi connectivity index (χ4n) is 2.47. The number of halogens is 1. The number of benzene rings is 1. The molecule has 1 aliphatic rings. The summed E-state index contributed by atoms with van der Waals surface area (Å²) >= 11 is 3.51. The Morgan fingerprint density at radius 1 is 1.33 bits per heavy atom. The first-order chi connectivity index (χ1) is 8.44. The minimum absolute atomic E-state index is 0.206. The highest BCUT2D eigenvalue weighted by Crippen LogP contribution is 2.29. The van der Waals surface area contributed by atoms with Crippen molar-refractivity contribution in [3.8, 4) is 0 Å². The molecular formula is C14H22BrN3. The molecule has 0 aromatic heterocycles. The van der Waals surface area contributed by atoms with Crippen molar-refractivity contribution in [1.82, 2.24) is 4.90 Å². The fraction of sp³-hybridized carbons (Fsp3) is 0.571. The van der Waals surface area contributed by atoms with E-state index in [-0.39, 0.29) is 5.54 Å². The van der Waals surface area contributed by atoms with E-state index in [4.69, 9.17) is 5.73 Å². The zero-order valence-corrected chi connectivity index (χ0v) is 13.0. The second-order valence-electron chi connectivity index (χ2n) is 5.63. The van der Waals surface area contributed by atoms with E-state index in [1.807, 2.05) is 0 Å². The van der Waals surface area contributed by atoms with Crippen LogP contribution in [-0.2, 0) is 6.54 Å². The van der Waals surface area contributed by atoms with Gasteiger partial charge in [-0.2, -0.15) is 0 Å². The van der Waals surface area contributed by atoms with Crippen LogP contribution in [0.2, 0.25) is 0 Å². The first-order valence-corrected chi connectivity index (χ1v) is 7.18. The quantitative estimate of drug-likeness (QED) is 0.910. The van der Waals surface area contributed by atoms with E-state index in [2.05, 4.69) is 64.8 Å². The summed E-state index contributed by atoms with van der Waals surface area (Å²) in [5.41, 5.74) is 8.56. The molecule has 2 rings (SSSR count). The smallest absolute Gasteiger partial charge is 0.0413 e. The van der Waals surface area contributed by atoms with Crippen LogP contribution >= 0.6 is 15.9 Å². The van der Waals surface area contributed by atoms with Crippen molar-refractivity contribution in [2.24, 2.45) is 5.73 Å². The summed E-state index contributed by atoms with van der Waals surface area (Å²) < 4.78 is 1.10. The van der Waals surface area contributed by atoms with Crippen LogP contribution in [0.25, 0.3) is 0 Å². The summed E-state index contributed by atoms with van der Waals surface area (Å²) in [4.78, 5) is 4.87. The predicted octanol–water partition coefficient (Wildman–Crippen LogP) is 2.44. The first kappa shape index (κ1) is 13.8. The monoisotopic (exact) mass is 311 g/mol. The van der Waals surface area contributed by atoms with Crippen molar-refractivity contribution in [2.75, 3.05) is 31.6 Å². The molecule has 1 aliphatic heterocycles. The Kier molecular flexibility index (Phi) is 3.99. The van der Waals surface area contributed by atoms with E-state index >= 15 is 0 Å². The second-order valence-corrected chi connectivity index (χ2v) is 6.55. The van der Waals surface area contributed by atoms with Crippen LogP contribution in [0.5, 0.6) is 0 Å². The number of hydrogen-bond acceptors (Lipinski definition) is 3. The van der Waals surface area contributed by atoms with E-state index in [1.54, 1.807) is 0 Å². The Bertz CT molecular complexity index is 431. The van der Waals surface area contributed by atoms with E-state index < -0.39 is 0 Å². The normalized spacial score (nSPS) is 20.2. The lowest BCUT2D eigenvalue weighted by Crippen LogP contribution is -2.57. The lowest BCUT2D eigenvalue weighted by Gasteiger charge is -2.46. The van der Waals surface area contributed by atoms with Crippen LogP contribution in [0.15, 0.2) is 22.7 Å². The van der Waals surface area contributed by atoms with Crippen LogP contribution in [0.4, 0.5) is 5.69 Å². The molecule has 1 fully saturated rings. The van der Waals surface area contributed by atoms with Crippen molar-refractivity contribution < 1.29 is 0 Å². The molecule has 3 nitrogen and oxygen atoms in total. The molecule has 0 unspecified atom stereocenters. The minimum atomic E-state index is 0.206. The standard InChI is InChI=1S/C14H22BrN3/c1-14(2)10-18(7-6-17(14)3)13-5-4-12(15)8-11(13)9-16/h4-5,8H,6-7,9-10,16H2,1-3H3. The van der Waals surface area contributed by atoms with Gasteiger partial charge in [0.2, 0.25) is 0 Å². The van der Waals surface area contributed by atoms with Gasteiger partial charge < -0.3 is 10.6 Å². The first-order valence-electron chi connectivity index (χ1n) is 6.39. The Labute approximate surface area is 118 Å². The highest BCUT2D eigenvalue weighted by Gasteiger charge is 2.31. The van der Waals surface area contributed by atoms with Gasteiger partial charge in [-0.3, -0.25) is 4.90 Å². The Balaban J connectivity index is 2.27. The molecule has 4 heteroatoms. The Morgan fingerprint density at radius 2 is 2.06 bits per heavy atom. The average molecular weight is 312 g/mol. The SMILES string of the molecule is CN1CCN(c2ccc(Br)cc2CN)CC1(C)C. The number of hydrogen-bond donors (Lipinski definition) is 1. The van der Waals surface area contributed by atoms with Gasteiger partial charge in [0.1, 0.15) is 0 Å². The van der Waals surface area contributed by atoms with Crippen LogP contribution in [-0.4, -0.2) is 37.1 Å².